The van der Waals surface area contributed by atoms with Crippen molar-refractivity contribution in [3.05, 3.63) is 23.8 Å². The Bertz CT molecular complexity index is 765. The monoisotopic (exact) mass is 417 g/mol. The zero-order valence-corrected chi connectivity index (χ0v) is 18.8. The van der Waals surface area contributed by atoms with Gasteiger partial charge in [-0.1, -0.05) is 6.92 Å². The van der Waals surface area contributed by atoms with Crippen LogP contribution in [-0.2, 0) is 9.53 Å². The van der Waals surface area contributed by atoms with Gasteiger partial charge in [-0.15, -0.1) is 0 Å². The standard InChI is InChI=1S/C23H35N3O4/c1-15-11-26(12-18-6-7-18)16(2)14-30-21-10-19(24-17(3)27)8-9-20(21)23(28)25(4)13-22(15)29-5/h8-10,15-16,18,22H,6-7,11-14H2,1-5H3,(H,24,27)/t15-,16+,22+/m1/s1. The number of rotatable bonds is 4. The van der Waals surface area contributed by atoms with Crippen LogP contribution in [0.3, 0.4) is 0 Å². The van der Waals surface area contributed by atoms with Crippen molar-refractivity contribution in [1.82, 2.24) is 9.80 Å². The maximum atomic E-state index is 13.1. The maximum Gasteiger partial charge on any atom is 0.257 e. The van der Waals surface area contributed by atoms with Gasteiger partial charge in [0, 0.05) is 58.5 Å². The minimum absolute atomic E-state index is 0.0460. The third kappa shape index (κ3) is 5.73. The van der Waals surface area contributed by atoms with Crippen molar-refractivity contribution in [3.8, 4) is 5.75 Å². The summed E-state index contributed by atoms with van der Waals surface area (Å²) in [6, 6.07) is 5.40. The molecule has 7 heteroatoms. The molecule has 2 aliphatic rings. The number of likely N-dealkylation sites (N-methyl/N-ethyl adjacent to an activating group) is 1. The molecule has 1 aliphatic carbocycles. The van der Waals surface area contributed by atoms with Crippen molar-refractivity contribution < 1.29 is 19.1 Å². The highest BCUT2D eigenvalue weighted by Crippen LogP contribution is 2.32. The van der Waals surface area contributed by atoms with E-state index in [0.717, 1.165) is 19.0 Å². The molecule has 1 heterocycles. The first-order valence-electron chi connectivity index (χ1n) is 10.8. The van der Waals surface area contributed by atoms with Gasteiger partial charge in [0.2, 0.25) is 5.91 Å². The first-order chi connectivity index (χ1) is 14.3. The molecule has 3 atom stereocenters. The lowest BCUT2D eigenvalue weighted by Gasteiger charge is -2.36. The number of nitrogens with one attached hydrogen (secondary N) is 1. The molecule has 3 rings (SSSR count). The molecule has 2 amide bonds. The summed E-state index contributed by atoms with van der Waals surface area (Å²) in [6.45, 7) is 8.79. The lowest BCUT2D eigenvalue weighted by Crippen LogP contribution is -2.47. The molecule has 0 bridgehead atoms. The van der Waals surface area contributed by atoms with E-state index in [0.29, 0.717) is 30.2 Å². The second-order valence-corrected chi connectivity index (χ2v) is 8.89. The second-order valence-electron chi connectivity index (χ2n) is 8.89. The first-order valence-corrected chi connectivity index (χ1v) is 10.8. The van der Waals surface area contributed by atoms with Crippen molar-refractivity contribution in [2.75, 3.05) is 45.7 Å². The summed E-state index contributed by atoms with van der Waals surface area (Å²) in [6.07, 6.45) is 2.55. The Kier molecular flexibility index (Phi) is 7.36. The molecule has 166 valence electrons. The van der Waals surface area contributed by atoms with Gasteiger partial charge >= 0.3 is 0 Å². The van der Waals surface area contributed by atoms with Crippen molar-refractivity contribution in [2.24, 2.45) is 11.8 Å². The van der Waals surface area contributed by atoms with E-state index in [1.165, 1.54) is 19.8 Å². The van der Waals surface area contributed by atoms with Gasteiger partial charge in [0.1, 0.15) is 12.4 Å². The topological polar surface area (TPSA) is 71.1 Å². The maximum absolute atomic E-state index is 13.1. The van der Waals surface area contributed by atoms with Gasteiger partial charge in [-0.25, -0.2) is 0 Å². The third-order valence-corrected chi connectivity index (χ3v) is 6.09. The Morgan fingerprint density at radius 2 is 2.00 bits per heavy atom. The van der Waals surface area contributed by atoms with Crippen molar-refractivity contribution in [1.29, 1.82) is 0 Å². The van der Waals surface area contributed by atoms with E-state index < -0.39 is 0 Å². The number of carbonyl (C=O) groups excluding carboxylic acids is 2. The largest absolute Gasteiger partial charge is 0.491 e. The van der Waals surface area contributed by atoms with E-state index in [1.807, 2.05) is 0 Å². The number of ether oxygens (including phenoxy) is 2. The number of carbonyl (C=O) groups is 2. The van der Waals surface area contributed by atoms with Crippen LogP contribution in [0.5, 0.6) is 5.75 Å². The van der Waals surface area contributed by atoms with Gasteiger partial charge in [-0.05, 0) is 43.7 Å². The van der Waals surface area contributed by atoms with Gasteiger partial charge in [0.05, 0.1) is 11.7 Å². The number of hydrogen-bond acceptors (Lipinski definition) is 5. The zero-order chi connectivity index (χ0) is 21.8. The van der Waals surface area contributed by atoms with E-state index in [-0.39, 0.29) is 29.9 Å². The number of nitrogens with zero attached hydrogens (tertiary/aromatic N) is 2. The Hall–Kier alpha value is -2.12. The first kappa shape index (κ1) is 22.6. The Morgan fingerprint density at radius 1 is 1.27 bits per heavy atom. The summed E-state index contributed by atoms with van der Waals surface area (Å²) in [4.78, 5) is 28.8. The van der Waals surface area contributed by atoms with Crippen LogP contribution in [-0.4, -0.2) is 74.2 Å². The fraction of sp³-hybridized carbons (Fsp3) is 0.652. The van der Waals surface area contributed by atoms with Crippen LogP contribution in [0.25, 0.3) is 0 Å². The Labute approximate surface area is 179 Å². The molecule has 0 unspecified atom stereocenters. The molecular weight excluding hydrogens is 382 g/mol. The smallest absolute Gasteiger partial charge is 0.257 e. The van der Waals surface area contributed by atoms with Crippen LogP contribution in [0.2, 0.25) is 0 Å². The highest BCUT2D eigenvalue weighted by Gasteiger charge is 2.31. The van der Waals surface area contributed by atoms with Crippen LogP contribution in [0.4, 0.5) is 5.69 Å². The molecule has 0 saturated heterocycles. The lowest BCUT2D eigenvalue weighted by molar-refractivity contribution is -0.114. The average Bonchev–Trinajstić information content (AvgIpc) is 3.52. The minimum Gasteiger partial charge on any atom is -0.491 e. The zero-order valence-electron chi connectivity index (χ0n) is 18.8. The van der Waals surface area contributed by atoms with Crippen molar-refractivity contribution in [3.63, 3.8) is 0 Å². The van der Waals surface area contributed by atoms with Crippen molar-refractivity contribution in [2.45, 2.75) is 45.8 Å². The fourth-order valence-corrected chi connectivity index (χ4v) is 4.01. The van der Waals surface area contributed by atoms with E-state index >= 15 is 0 Å². The summed E-state index contributed by atoms with van der Waals surface area (Å²) in [5, 5.41) is 2.77. The fourth-order valence-electron chi connectivity index (χ4n) is 4.01. The summed E-state index contributed by atoms with van der Waals surface area (Å²) < 4.78 is 11.9. The number of amides is 2. The summed E-state index contributed by atoms with van der Waals surface area (Å²) in [7, 11) is 3.51. The van der Waals surface area contributed by atoms with Crippen LogP contribution in [0.1, 0.15) is 44.0 Å². The van der Waals surface area contributed by atoms with Crippen LogP contribution >= 0.6 is 0 Å². The molecule has 1 aliphatic heterocycles. The molecule has 1 fully saturated rings. The molecule has 30 heavy (non-hydrogen) atoms. The van der Waals surface area contributed by atoms with E-state index in [9.17, 15) is 9.59 Å². The minimum atomic E-state index is -0.160. The highest BCUT2D eigenvalue weighted by atomic mass is 16.5. The normalized spacial score (nSPS) is 26.2. The molecule has 0 radical (unpaired) electrons. The van der Waals surface area contributed by atoms with Gasteiger partial charge in [0.25, 0.3) is 5.91 Å². The predicted molar refractivity (Wildman–Crippen MR) is 117 cm³/mol. The Balaban J connectivity index is 1.91. The molecule has 1 aromatic rings. The highest BCUT2D eigenvalue weighted by molar-refractivity contribution is 5.98. The second kappa shape index (κ2) is 9.79. The van der Waals surface area contributed by atoms with Crippen LogP contribution in [0.15, 0.2) is 18.2 Å². The molecule has 0 spiro atoms. The molecule has 0 aromatic heterocycles. The van der Waals surface area contributed by atoms with Crippen LogP contribution in [0, 0.1) is 11.8 Å². The molecular formula is C23H35N3O4. The molecule has 1 N–H and O–H groups in total. The van der Waals surface area contributed by atoms with E-state index in [2.05, 4.69) is 24.1 Å². The van der Waals surface area contributed by atoms with Gasteiger partial charge in [-0.3, -0.25) is 14.5 Å². The number of anilines is 1. The third-order valence-electron chi connectivity index (χ3n) is 6.09. The quantitative estimate of drug-likeness (QED) is 0.816. The molecule has 7 nitrogen and oxygen atoms in total. The van der Waals surface area contributed by atoms with Gasteiger partial charge in [0.15, 0.2) is 0 Å². The number of fused-ring (bicyclic) bond motifs is 1. The molecule has 1 saturated carbocycles. The summed E-state index contributed by atoms with van der Waals surface area (Å²) in [5.74, 6) is 1.28. The van der Waals surface area contributed by atoms with Gasteiger partial charge in [-0.2, -0.15) is 0 Å². The van der Waals surface area contributed by atoms with Gasteiger partial charge < -0.3 is 19.7 Å². The number of benzene rings is 1. The Morgan fingerprint density at radius 3 is 2.63 bits per heavy atom. The van der Waals surface area contributed by atoms with E-state index in [4.69, 9.17) is 9.47 Å². The SMILES string of the molecule is CO[C@H]1CN(C)C(=O)c2ccc(NC(C)=O)cc2OC[C@H](C)N(CC2CC2)C[C@H]1C. The summed E-state index contributed by atoms with van der Waals surface area (Å²) in [5.41, 5.74) is 1.12. The summed E-state index contributed by atoms with van der Waals surface area (Å²) >= 11 is 0. The number of hydrogen-bond donors (Lipinski definition) is 1. The molecule has 1 aromatic carbocycles. The lowest BCUT2D eigenvalue weighted by atomic mass is 10.0. The van der Waals surface area contributed by atoms with Crippen molar-refractivity contribution >= 4 is 17.5 Å². The van der Waals surface area contributed by atoms with Crippen LogP contribution < -0.4 is 10.1 Å². The average molecular weight is 418 g/mol. The number of methoxy groups -OCH3 is 1. The van der Waals surface area contributed by atoms with E-state index in [1.54, 1.807) is 37.3 Å². The predicted octanol–water partition coefficient (Wildman–Crippen LogP) is 2.86.